The Morgan fingerprint density at radius 2 is 1.90 bits per heavy atom. The molecule has 108 valence electrons. The fourth-order valence-corrected chi connectivity index (χ4v) is 2.18. The van der Waals surface area contributed by atoms with Gasteiger partial charge in [0.1, 0.15) is 0 Å². The van der Waals surface area contributed by atoms with E-state index in [0.717, 1.165) is 18.8 Å². The summed E-state index contributed by atoms with van der Waals surface area (Å²) in [4.78, 5) is 2.21. The van der Waals surface area contributed by atoms with E-state index in [4.69, 9.17) is 0 Å². The average molecular weight is 273 g/mol. The van der Waals surface area contributed by atoms with E-state index in [0.29, 0.717) is 12.6 Å². The highest BCUT2D eigenvalue weighted by Gasteiger charge is 2.09. The quantitative estimate of drug-likeness (QED) is 0.842. The van der Waals surface area contributed by atoms with Crippen molar-refractivity contribution >= 4 is 0 Å². The van der Waals surface area contributed by atoms with Crippen molar-refractivity contribution in [1.82, 2.24) is 14.7 Å². The molecule has 0 aliphatic carbocycles. The van der Waals surface area contributed by atoms with E-state index in [1.165, 1.54) is 5.56 Å². The van der Waals surface area contributed by atoms with Crippen molar-refractivity contribution in [1.29, 1.82) is 0 Å². The van der Waals surface area contributed by atoms with Crippen molar-refractivity contribution in [3.05, 3.63) is 53.9 Å². The number of nitrogens with zero attached hydrogens (tertiary/aromatic N) is 3. The smallest absolute Gasteiger partial charge is 0.0765 e. The lowest BCUT2D eigenvalue weighted by Gasteiger charge is -2.20. The van der Waals surface area contributed by atoms with Crippen LogP contribution < -0.4 is 0 Å². The molecule has 2 rings (SSSR count). The Hall–Kier alpha value is -1.65. The summed E-state index contributed by atoms with van der Waals surface area (Å²) >= 11 is 0. The summed E-state index contributed by atoms with van der Waals surface area (Å²) in [5, 5.41) is 13.8. The number of aliphatic hydroxyl groups is 1. The van der Waals surface area contributed by atoms with Crippen LogP contribution in [-0.2, 0) is 13.1 Å². The molecule has 0 spiro atoms. The SMILES string of the molecule is CC(C)n1ccc(CN(CCO)Cc2ccccc2)n1. The number of hydrogen-bond acceptors (Lipinski definition) is 3. The van der Waals surface area contributed by atoms with E-state index in [1.54, 1.807) is 0 Å². The van der Waals surface area contributed by atoms with Gasteiger partial charge in [0, 0.05) is 31.9 Å². The number of benzene rings is 1. The maximum Gasteiger partial charge on any atom is 0.0765 e. The minimum Gasteiger partial charge on any atom is -0.395 e. The first-order chi connectivity index (χ1) is 9.69. The summed E-state index contributed by atoms with van der Waals surface area (Å²) in [6, 6.07) is 12.7. The van der Waals surface area contributed by atoms with Gasteiger partial charge in [0.2, 0.25) is 0 Å². The normalized spacial score (nSPS) is 11.4. The number of hydrogen-bond donors (Lipinski definition) is 1. The lowest BCUT2D eigenvalue weighted by atomic mass is 10.2. The molecule has 4 heteroatoms. The fraction of sp³-hybridized carbons (Fsp3) is 0.438. The monoisotopic (exact) mass is 273 g/mol. The van der Waals surface area contributed by atoms with Gasteiger partial charge >= 0.3 is 0 Å². The van der Waals surface area contributed by atoms with Crippen LogP contribution in [0.2, 0.25) is 0 Å². The summed E-state index contributed by atoms with van der Waals surface area (Å²) in [6.07, 6.45) is 2.01. The summed E-state index contributed by atoms with van der Waals surface area (Å²) in [5.41, 5.74) is 2.30. The van der Waals surface area contributed by atoms with Crippen molar-refractivity contribution in [2.75, 3.05) is 13.2 Å². The van der Waals surface area contributed by atoms with Crippen LogP contribution in [0.5, 0.6) is 0 Å². The summed E-state index contributed by atoms with van der Waals surface area (Å²) < 4.78 is 1.97. The molecule has 1 aromatic carbocycles. The van der Waals surface area contributed by atoms with Crippen LogP contribution >= 0.6 is 0 Å². The van der Waals surface area contributed by atoms with Crippen LogP contribution in [0.1, 0.15) is 31.1 Å². The summed E-state index contributed by atoms with van der Waals surface area (Å²) in [5.74, 6) is 0. The maximum absolute atomic E-state index is 9.22. The van der Waals surface area contributed by atoms with Crippen molar-refractivity contribution in [3.63, 3.8) is 0 Å². The topological polar surface area (TPSA) is 41.3 Å². The molecule has 0 unspecified atom stereocenters. The van der Waals surface area contributed by atoms with Gasteiger partial charge in [0.25, 0.3) is 0 Å². The Labute approximate surface area is 120 Å². The second-order valence-electron chi connectivity index (χ2n) is 5.30. The summed E-state index contributed by atoms with van der Waals surface area (Å²) in [7, 11) is 0. The van der Waals surface area contributed by atoms with Crippen LogP contribution in [-0.4, -0.2) is 32.9 Å². The minimum absolute atomic E-state index is 0.164. The lowest BCUT2D eigenvalue weighted by Crippen LogP contribution is -2.26. The van der Waals surface area contributed by atoms with Crippen molar-refractivity contribution in [2.24, 2.45) is 0 Å². The minimum atomic E-state index is 0.164. The van der Waals surface area contributed by atoms with Crippen LogP contribution in [0, 0.1) is 0 Å². The highest BCUT2D eigenvalue weighted by Crippen LogP contribution is 2.10. The zero-order valence-electron chi connectivity index (χ0n) is 12.2. The molecular formula is C16H23N3O. The molecule has 0 amide bonds. The van der Waals surface area contributed by atoms with E-state index >= 15 is 0 Å². The first kappa shape index (κ1) is 14.8. The van der Waals surface area contributed by atoms with E-state index in [2.05, 4.69) is 42.0 Å². The Kier molecular flexibility index (Phi) is 5.32. The predicted octanol–water partition coefficient (Wildman–Crippen LogP) is 2.46. The third-order valence-electron chi connectivity index (χ3n) is 3.24. The maximum atomic E-state index is 9.22. The van der Waals surface area contributed by atoms with Crippen molar-refractivity contribution in [2.45, 2.75) is 33.0 Å². The highest BCUT2D eigenvalue weighted by molar-refractivity contribution is 5.14. The van der Waals surface area contributed by atoms with E-state index in [9.17, 15) is 5.11 Å². The second-order valence-corrected chi connectivity index (χ2v) is 5.30. The van der Waals surface area contributed by atoms with Crippen molar-refractivity contribution < 1.29 is 5.11 Å². The highest BCUT2D eigenvalue weighted by atomic mass is 16.3. The summed E-state index contributed by atoms with van der Waals surface area (Å²) in [6.45, 7) is 6.64. The molecule has 0 fully saturated rings. The number of rotatable bonds is 7. The van der Waals surface area contributed by atoms with Crippen LogP contribution in [0.3, 0.4) is 0 Å². The van der Waals surface area contributed by atoms with E-state index in [-0.39, 0.29) is 6.61 Å². The Balaban J connectivity index is 2.01. The van der Waals surface area contributed by atoms with Gasteiger partial charge in [-0.25, -0.2) is 0 Å². The molecule has 1 heterocycles. The van der Waals surface area contributed by atoms with Gasteiger partial charge in [-0.1, -0.05) is 30.3 Å². The van der Waals surface area contributed by atoms with Gasteiger partial charge in [0.15, 0.2) is 0 Å². The predicted molar refractivity (Wildman–Crippen MR) is 80.3 cm³/mol. The van der Waals surface area contributed by atoms with Gasteiger partial charge in [-0.05, 0) is 25.5 Å². The van der Waals surface area contributed by atoms with Gasteiger partial charge < -0.3 is 5.11 Å². The molecule has 0 saturated heterocycles. The molecule has 0 radical (unpaired) electrons. The number of aromatic nitrogens is 2. The van der Waals surface area contributed by atoms with Gasteiger partial charge in [0.05, 0.1) is 12.3 Å². The second kappa shape index (κ2) is 7.22. The van der Waals surface area contributed by atoms with Crippen LogP contribution in [0.25, 0.3) is 0 Å². The van der Waals surface area contributed by atoms with E-state index in [1.807, 2.05) is 29.1 Å². The number of aliphatic hydroxyl groups excluding tert-OH is 1. The standard InChI is InChI=1S/C16H23N3O/c1-14(2)19-9-8-16(17-19)13-18(10-11-20)12-15-6-4-3-5-7-15/h3-9,14,20H,10-13H2,1-2H3. The van der Waals surface area contributed by atoms with Gasteiger partial charge in [-0.2, -0.15) is 5.10 Å². The molecule has 0 aliphatic rings. The Morgan fingerprint density at radius 1 is 1.15 bits per heavy atom. The zero-order chi connectivity index (χ0) is 14.4. The third-order valence-corrected chi connectivity index (χ3v) is 3.24. The fourth-order valence-electron chi connectivity index (χ4n) is 2.18. The first-order valence-corrected chi connectivity index (χ1v) is 7.10. The zero-order valence-corrected chi connectivity index (χ0v) is 12.2. The first-order valence-electron chi connectivity index (χ1n) is 7.10. The molecular weight excluding hydrogens is 250 g/mol. The molecule has 4 nitrogen and oxygen atoms in total. The van der Waals surface area contributed by atoms with E-state index < -0.39 is 0 Å². The Morgan fingerprint density at radius 3 is 2.50 bits per heavy atom. The van der Waals surface area contributed by atoms with Crippen LogP contribution in [0.15, 0.2) is 42.6 Å². The average Bonchev–Trinajstić information content (AvgIpc) is 2.89. The molecule has 2 aromatic rings. The van der Waals surface area contributed by atoms with Crippen LogP contribution in [0.4, 0.5) is 0 Å². The molecule has 0 saturated carbocycles. The molecule has 0 aliphatic heterocycles. The molecule has 20 heavy (non-hydrogen) atoms. The largest absolute Gasteiger partial charge is 0.395 e. The molecule has 1 N–H and O–H groups in total. The Bertz CT molecular complexity index is 507. The molecule has 1 aromatic heterocycles. The third kappa shape index (κ3) is 4.18. The van der Waals surface area contributed by atoms with Gasteiger partial charge in [-0.15, -0.1) is 0 Å². The van der Waals surface area contributed by atoms with Gasteiger partial charge in [-0.3, -0.25) is 9.58 Å². The van der Waals surface area contributed by atoms with Crippen molar-refractivity contribution in [3.8, 4) is 0 Å². The molecule has 0 atom stereocenters. The molecule has 0 bridgehead atoms. The lowest BCUT2D eigenvalue weighted by molar-refractivity contribution is 0.182.